The fourth-order valence-electron chi connectivity index (χ4n) is 2.45. The Hall–Kier alpha value is -3.63. The average Bonchev–Trinajstić information content (AvgIpc) is 3.28. The molecule has 2 aromatic heterocycles. The number of esters is 1. The molecular weight excluding hydrogens is 356 g/mol. The number of rotatable bonds is 7. The van der Waals surface area contributed by atoms with Crippen molar-refractivity contribution >= 4 is 11.8 Å². The molecule has 0 unspecified atom stereocenters. The summed E-state index contributed by atoms with van der Waals surface area (Å²) < 4.78 is 21.9. The molecule has 3 aromatic rings. The number of carbonyl (C=O) groups excluding carboxylic acids is 1. The van der Waals surface area contributed by atoms with Crippen LogP contribution in [0.5, 0.6) is 11.5 Å². The highest BCUT2D eigenvalue weighted by Gasteiger charge is 2.26. The molecule has 0 saturated heterocycles. The maximum atomic E-state index is 12.3. The topological polar surface area (TPSA) is 140 Å². The third kappa shape index (κ3) is 3.38. The number of methoxy groups -OCH3 is 1. The number of hydrogen-bond donors (Lipinski definition) is 1. The van der Waals surface area contributed by atoms with Gasteiger partial charge in [0.15, 0.2) is 17.2 Å². The summed E-state index contributed by atoms with van der Waals surface area (Å²) in [4.78, 5) is 12.3. The Morgan fingerprint density at radius 1 is 1.22 bits per heavy atom. The molecule has 0 radical (unpaired) electrons. The van der Waals surface area contributed by atoms with Gasteiger partial charge < -0.3 is 19.9 Å². The summed E-state index contributed by atoms with van der Waals surface area (Å²) in [6, 6.07) is 5.14. The van der Waals surface area contributed by atoms with Crippen LogP contribution < -0.4 is 15.2 Å². The first kappa shape index (κ1) is 18.2. The third-order valence-corrected chi connectivity index (χ3v) is 3.57. The van der Waals surface area contributed by atoms with Crippen LogP contribution in [0, 0.1) is 0 Å². The zero-order chi connectivity index (χ0) is 19.4. The number of benzene rings is 1. The van der Waals surface area contributed by atoms with E-state index < -0.39 is 5.97 Å². The summed E-state index contributed by atoms with van der Waals surface area (Å²) in [5.74, 6) is 0.489. The second kappa shape index (κ2) is 7.72. The van der Waals surface area contributed by atoms with E-state index >= 15 is 0 Å². The first-order valence-corrected chi connectivity index (χ1v) is 8.13. The number of nitrogens with zero attached hydrogens (tertiary/aromatic N) is 5. The lowest BCUT2D eigenvalue weighted by atomic mass is 10.1. The molecule has 0 aliphatic heterocycles. The first-order valence-electron chi connectivity index (χ1n) is 8.13. The largest absolute Gasteiger partial charge is 0.493 e. The van der Waals surface area contributed by atoms with E-state index in [0.29, 0.717) is 29.4 Å². The zero-order valence-electron chi connectivity index (χ0n) is 15.0. The number of nitrogen functional groups attached to an aromatic ring is 1. The predicted molar refractivity (Wildman–Crippen MR) is 92.7 cm³/mol. The van der Waals surface area contributed by atoms with Gasteiger partial charge in [0.25, 0.3) is 0 Å². The molecule has 0 amide bonds. The van der Waals surface area contributed by atoms with Gasteiger partial charge in [0.05, 0.1) is 20.3 Å². The molecule has 3 rings (SSSR count). The molecule has 0 aliphatic carbocycles. The maximum absolute atomic E-state index is 12.3. The number of nitrogens with two attached hydrogens (primary N) is 1. The molecule has 11 nitrogen and oxygen atoms in total. The van der Waals surface area contributed by atoms with Gasteiger partial charge in [0.2, 0.25) is 11.6 Å². The Morgan fingerprint density at radius 2 is 2.04 bits per heavy atom. The molecule has 0 atom stereocenters. The molecule has 2 N–H and O–H groups in total. The molecule has 0 bridgehead atoms. The van der Waals surface area contributed by atoms with Crippen molar-refractivity contribution in [2.45, 2.75) is 13.8 Å². The van der Waals surface area contributed by atoms with Crippen molar-refractivity contribution in [1.29, 1.82) is 0 Å². The van der Waals surface area contributed by atoms with Crippen molar-refractivity contribution in [3.63, 3.8) is 0 Å². The Morgan fingerprint density at radius 3 is 2.67 bits per heavy atom. The van der Waals surface area contributed by atoms with Gasteiger partial charge in [0, 0.05) is 5.56 Å². The lowest BCUT2D eigenvalue weighted by Gasteiger charge is -2.12. The number of hydrogen-bond acceptors (Lipinski definition) is 10. The first-order chi connectivity index (χ1) is 13.1. The van der Waals surface area contributed by atoms with Crippen LogP contribution in [0.15, 0.2) is 22.8 Å². The molecule has 11 heteroatoms. The van der Waals surface area contributed by atoms with Crippen LogP contribution in [-0.2, 0) is 4.74 Å². The van der Waals surface area contributed by atoms with Gasteiger partial charge in [-0.05, 0) is 42.4 Å². The van der Waals surface area contributed by atoms with Crippen molar-refractivity contribution in [3.05, 3.63) is 23.9 Å². The summed E-state index contributed by atoms with van der Waals surface area (Å²) >= 11 is 0. The van der Waals surface area contributed by atoms with Crippen LogP contribution in [-0.4, -0.2) is 51.6 Å². The lowest BCUT2D eigenvalue weighted by Crippen LogP contribution is -2.09. The smallest absolute Gasteiger partial charge is 0.361 e. The number of aromatic nitrogens is 5. The Labute approximate surface area is 154 Å². The zero-order valence-corrected chi connectivity index (χ0v) is 15.0. The van der Waals surface area contributed by atoms with E-state index in [-0.39, 0.29) is 23.9 Å². The van der Waals surface area contributed by atoms with Crippen LogP contribution in [0.3, 0.4) is 0 Å². The summed E-state index contributed by atoms with van der Waals surface area (Å²) in [6.07, 6.45) is 0. The van der Waals surface area contributed by atoms with E-state index in [4.69, 9.17) is 19.9 Å². The van der Waals surface area contributed by atoms with Crippen LogP contribution in [0.4, 0.5) is 5.82 Å². The minimum atomic E-state index is -0.637. The second-order valence-electron chi connectivity index (χ2n) is 5.19. The van der Waals surface area contributed by atoms with E-state index in [2.05, 4.69) is 25.3 Å². The van der Waals surface area contributed by atoms with Crippen LogP contribution in [0.1, 0.15) is 24.3 Å². The molecule has 0 fully saturated rings. The van der Waals surface area contributed by atoms with Gasteiger partial charge in [0.1, 0.15) is 5.69 Å². The molecule has 0 aliphatic rings. The van der Waals surface area contributed by atoms with E-state index in [1.165, 1.54) is 11.8 Å². The normalized spacial score (nSPS) is 10.6. The van der Waals surface area contributed by atoms with Crippen molar-refractivity contribution in [3.8, 4) is 28.6 Å². The quantitative estimate of drug-likeness (QED) is 0.604. The molecule has 0 saturated carbocycles. The monoisotopic (exact) mass is 374 g/mol. The molecule has 2 heterocycles. The van der Waals surface area contributed by atoms with E-state index in [1.807, 2.05) is 6.92 Å². The van der Waals surface area contributed by atoms with Gasteiger partial charge in [-0.2, -0.15) is 4.68 Å². The summed E-state index contributed by atoms with van der Waals surface area (Å²) in [7, 11) is 1.52. The Kier molecular flexibility index (Phi) is 5.20. The van der Waals surface area contributed by atoms with Crippen LogP contribution in [0.25, 0.3) is 17.1 Å². The lowest BCUT2D eigenvalue weighted by molar-refractivity contribution is 0.0520. The van der Waals surface area contributed by atoms with Gasteiger partial charge >= 0.3 is 5.97 Å². The highest BCUT2D eigenvalue weighted by Crippen LogP contribution is 2.34. The summed E-state index contributed by atoms with van der Waals surface area (Å²) in [6.45, 7) is 4.22. The number of ether oxygens (including phenoxy) is 3. The fourth-order valence-corrected chi connectivity index (χ4v) is 2.45. The highest BCUT2D eigenvalue weighted by molar-refractivity contribution is 5.94. The Balaban J connectivity index is 2.19. The predicted octanol–water partition coefficient (Wildman–Crippen LogP) is 1.48. The summed E-state index contributed by atoms with van der Waals surface area (Å²) in [5.41, 5.74) is 6.62. The van der Waals surface area contributed by atoms with E-state index in [0.717, 1.165) is 0 Å². The molecule has 0 spiro atoms. The number of carbonyl (C=O) groups is 1. The second-order valence-corrected chi connectivity index (χ2v) is 5.19. The van der Waals surface area contributed by atoms with Gasteiger partial charge in [-0.25, -0.2) is 9.42 Å². The van der Waals surface area contributed by atoms with Gasteiger partial charge in [-0.3, -0.25) is 0 Å². The average molecular weight is 374 g/mol. The minimum absolute atomic E-state index is 0.00513. The van der Waals surface area contributed by atoms with Crippen LogP contribution >= 0.6 is 0 Å². The molecule has 1 aromatic carbocycles. The minimum Gasteiger partial charge on any atom is -0.493 e. The van der Waals surface area contributed by atoms with Crippen molar-refractivity contribution < 1.29 is 23.6 Å². The third-order valence-electron chi connectivity index (χ3n) is 3.57. The number of anilines is 1. The molecule has 142 valence electrons. The van der Waals surface area contributed by atoms with Crippen molar-refractivity contribution in [2.24, 2.45) is 0 Å². The van der Waals surface area contributed by atoms with E-state index in [1.54, 1.807) is 25.1 Å². The standard InChI is InChI=1S/C16H18N6O5/c1-4-25-10-7-6-9(8-11(10)24-3)13-12(16(23)26-5-2)18-21-22(13)15-14(17)19-27-20-15/h6-8H,4-5H2,1-3H3,(H2,17,19). The van der Waals surface area contributed by atoms with Crippen molar-refractivity contribution in [2.75, 3.05) is 26.1 Å². The maximum Gasteiger partial charge on any atom is 0.361 e. The van der Waals surface area contributed by atoms with Gasteiger partial charge in [-0.1, -0.05) is 5.21 Å². The van der Waals surface area contributed by atoms with E-state index in [9.17, 15) is 4.79 Å². The van der Waals surface area contributed by atoms with Gasteiger partial charge in [-0.15, -0.1) is 5.10 Å². The molecular formula is C16H18N6O5. The Bertz CT molecular complexity index is 951. The SMILES string of the molecule is CCOC(=O)c1nnn(-c2nonc2N)c1-c1ccc(OCC)c(OC)c1. The van der Waals surface area contributed by atoms with Crippen molar-refractivity contribution in [1.82, 2.24) is 25.3 Å². The fraction of sp³-hybridized carbons (Fsp3) is 0.312. The highest BCUT2D eigenvalue weighted by atomic mass is 16.6. The summed E-state index contributed by atoms with van der Waals surface area (Å²) in [5, 5.41) is 15.1. The molecule has 27 heavy (non-hydrogen) atoms. The van der Waals surface area contributed by atoms with Crippen LogP contribution in [0.2, 0.25) is 0 Å².